The smallest absolute Gasteiger partial charge is 0.324 e. The van der Waals surface area contributed by atoms with E-state index in [0.29, 0.717) is 0 Å². The lowest BCUT2D eigenvalue weighted by atomic mass is 10.2. The van der Waals surface area contributed by atoms with Gasteiger partial charge in [0.05, 0.1) is 13.2 Å². The molecule has 1 aliphatic rings. The number of nitrogens with two attached hydrogens (primary N) is 1. The fourth-order valence-electron chi connectivity index (χ4n) is 2.06. The number of ether oxygens (including phenoxy) is 2. The molecule has 5 heteroatoms. The second-order valence-corrected chi connectivity index (χ2v) is 4.00. The number of hydrogen-bond donors (Lipinski definition) is 1. The molecular formula is C11H22N2O3. The van der Waals surface area contributed by atoms with Gasteiger partial charge in [-0.15, -0.1) is 0 Å². The van der Waals surface area contributed by atoms with Crippen molar-refractivity contribution >= 4 is 5.97 Å². The van der Waals surface area contributed by atoms with Gasteiger partial charge in [-0.1, -0.05) is 6.92 Å². The maximum atomic E-state index is 11.5. The molecule has 0 spiro atoms. The Morgan fingerprint density at radius 1 is 1.69 bits per heavy atom. The predicted molar refractivity (Wildman–Crippen MR) is 61.1 cm³/mol. The molecule has 0 aromatic rings. The van der Waals surface area contributed by atoms with Crippen LogP contribution in [0.1, 0.15) is 19.8 Å². The Morgan fingerprint density at radius 3 is 2.88 bits per heavy atom. The summed E-state index contributed by atoms with van der Waals surface area (Å²) in [5, 5.41) is 0. The first-order valence-corrected chi connectivity index (χ1v) is 5.86. The van der Waals surface area contributed by atoms with Crippen molar-refractivity contribution in [3.8, 4) is 0 Å². The van der Waals surface area contributed by atoms with Gasteiger partial charge in [0, 0.05) is 19.7 Å². The summed E-state index contributed by atoms with van der Waals surface area (Å²) < 4.78 is 10.3. The van der Waals surface area contributed by atoms with E-state index in [0.717, 1.165) is 32.5 Å². The molecule has 0 amide bonds. The number of carbonyl (C=O) groups excluding carboxylic acids is 1. The van der Waals surface area contributed by atoms with Crippen LogP contribution in [0.2, 0.25) is 0 Å². The molecule has 0 aromatic heterocycles. The highest BCUT2D eigenvalue weighted by atomic mass is 16.5. The summed E-state index contributed by atoms with van der Waals surface area (Å²) >= 11 is 0. The summed E-state index contributed by atoms with van der Waals surface area (Å²) in [7, 11) is 1.39. The quantitative estimate of drug-likeness (QED) is 0.650. The van der Waals surface area contributed by atoms with Crippen LogP contribution in [-0.4, -0.2) is 56.4 Å². The number of nitrogens with zero attached hydrogens (tertiary/aromatic N) is 1. The van der Waals surface area contributed by atoms with Crippen LogP contribution >= 0.6 is 0 Å². The van der Waals surface area contributed by atoms with Crippen molar-refractivity contribution in [1.82, 2.24) is 4.90 Å². The second-order valence-electron chi connectivity index (χ2n) is 4.00. The van der Waals surface area contributed by atoms with Gasteiger partial charge in [-0.3, -0.25) is 9.69 Å². The maximum absolute atomic E-state index is 11.5. The number of likely N-dealkylation sites (N-methyl/N-ethyl adjacent to an activating group) is 1. The van der Waals surface area contributed by atoms with Crippen LogP contribution in [0, 0.1) is 0 Å². The number of rotatable bonds is 6. The summed E-state index contributed by atoms with van der Waals surface area (Å²) in [6, 6.07) is -0.348. The zero-order chi connectivity index (χ0) is 12.0. The molecule has 5 nitrogen and oxygen atoms in total. The molecule has 2 N–H and O–H groups in total. The van der Waals surface area contributed by atoms with Crippen LogP contribution < -0.4 is 5.73 Å². The third kappa shape index (κ3) is 3.43. The van der Waals surface area contributed by atoms with Crippen LogP contribution in [0.3, 0.4) is 0 Å². The van der Waals surface area contributed by atoms with Crippen LogP contribution in [0.5, 0.6) is 0 Å². The molecule has 0 bridgehead atoms. The molecule has 16 heavy (non-hydrogen) atoms. The van der Waals surface area contributed by atoms with Gasteiger partial charge in [-0.2, -0.15) is 0 Å². The third-order valence-electron chi connectivity index (χ3n) is 3.01. The first-order valence-electron chi connectivity index (χ1n) is 5.86. The third-order valence-corrected chi connectivity index (χ3v) is 3.01. The highest BCUT2D eigenvalue weighted by Crippen LogP contribution is 2.14. The van der Waals surface area contributed by atoms with Crippen molar-refractivity contribution in [2.45, 2.75) is 31.9 Å². The van der Waals surface area contributed by atoms with E-state index in [-0.39, 0.29) is 24.7 Å². The van der Waals surface area contributed by atoms with E-state index in [9.17, 15) is 4.79 Å². The SMILES string of the molecule is CCN(CC1CCCO1)C(CN)C(=O)OC. The molecule has 0 aromatic carbocycles. The van der Waals surface area contributed by atoms with Crippen molar-refractivity contribution in [1.29, 1.82) is 0 Å². The van der Waals surface area contributed by atoms with Gasteiger partial charge in [-0.25, -0.2) is 0 Å². The molecule has 0 saturated carbocycles. The molecule has 1 fully saturated rings. The minimum atomic E-state index is -0.348. The number of carbonyl (C=O) groups is 1. The summed E-state index contributed by atoms with van der Waals surface area (Å²) in [6.07, 6.45) is 2.40. The van der Waals surface area contributed by atoms with E-state index in [2.05, 4.69) is 0 Å². The largest absolute Gasteiger partial charge is 0.468 e. The van der Waals surface area contributed by atoms with Gasteiger partial charge in [0.25, 0.3) is 0 Å². The van der Waals surface area contributed by atoms with Crippen molar-refractivity contribution < 1.29 is 14.3 Å². The van der Waals surface area contributed by atoms with Crippen LogP contribution in [0.15, 0.2) is 0 Å². The van der Waals surface area contributed by atoms with E-state index in [1.54, 1.807) is 0 Å². The lowest BCUT2D eigenvalue weighted by molar-refractivity contribution is -0.147. The first kappa shape index (κ1) is 13.4. The van der Waals surface area contributed by atoms with E-state index in [4.69, 9.17) is 15.2 Å². The predicted octanol–water partition coefficient (Wildman–Crippen LogP) is -0.0124. The van der Waals surface area contributed by atoms with E-state index < -0.39 is 0 Å². The van der Waals surface area contributed by atoms with Crippen molar-refractivity contribution in [2.24, 2.45) is 5.73 Å². The average molecular weight is 230 g/mol. The Kier molecular flexibility index (Phi) is 5.73. The number of esters is 1. The first-order chi connectivity index (χ1) is 7.72. The van der Waals surface area contributed by atoms with Crippen molar-refractivity contribution in [2.75, 3.05) is 33.4 Å². The fourth-order valence-corrected chi connectivity index (χ4v) is 2.06. The molecule has 0 aliphatic carbocycles. The number of hydrogen-bond acceptors (Lipinski definition) is 5. The molecule has 94 valence electrons. The Bertz CT molecular complexity index is 217. The van der Waals surface area contributed by atoms with E-state index >= 15 is 0 Å². The molecule has 0 radical (unpaired) electrons. The molecule has 1 heterocycles. The average Bonchev–Trinajstić information content (AvgIpc) is 2.81. The molecule has 1 rings (SSSR count). The highest BCUT2D eigenvalue weighted by Gasteiger charge is 2.27. The summed E-state index contributed by atoms with van der Waals surface area (Å²) in [6.45, 7) is 4.66. The lowest BCUT2D eigenvalue weighted by Gasteiger charge is -2.29. The van der Waals surface area contributed by atoms with E-state index in [1.807, 2.05) is 11.8 Å². The summed E-state index contributed by atoms with van der Waals surface area (Å²) in [5.74, 6) is -0.262. The zero-order valence-corrected chi connectivity index (χ0v) is 10.1. The van der Waals surface area contributed by atoms with Crippen LogP contribution in [0.4, 0.5) is 0 Å². The lowest BCUT2D eigenvalue weighted by Crippen LogP contribution is -2.49. The Morgan fingerprint density at radius 2 is 2.44 bits per heavy atom. The Hall–Kier alpha value is -0.650. The Labute approximate surface area is 96.9 Å². The molecule has 2 atom stereocenters. The fraction of sp³-hybridized carbons (Fsp3) is 0.909. The van der Waals surface area contributed by atoms with Gasteiger partial charge >= 0.3 is 5.97 Å². The molecular weight excluding hydrogens is 208 g/mol. The topological polar surface area (TPSA) is 64.8 Å². The van der Waals surface area contributed by atoms with Gasteiger partial charge in [0.2, 0.25) is 0 Å². The molecule has 2 unspecified atom stereocenters. The normalized spacial score (nSPS) is 22.4. The summed E-state index contributed by atoms with van der Waals surface area (Å²) in [4.78, 5) is 13.6. The monoisotopic (exact) mass is 230 g/mol. The second kappa shape index (κ2) is 6.83. The molecule has 1 saturated heterocycles. The minimum absolute atomic E-state index is 0.235. The van der Waals surface area contributed by atoms with Gasteiger partial charge in [0.1, 0.15) is 6.04 Å². The standard InChI is InChI=1S/C11H22N2O3/c1-3-13(8-9-5-4-6-16-9)10(7-12)11(14)15-2/h9-10H,3-8,12H2,1-2H3. The van der Waals surface area contributed by atoms with Crippen molar-refractivity contribution in [3.05, 3.63) is 0 Å². The van der Waals surface area contributed by atoms with Gasteiger partial charge in [0.15, 0.2) is 0 Å². The van der Waals surface area contributed by atoms with Crippen molar-refractivity contribution in [3.63, 3.8) is 0 Å². The molecule has 1 aliphatic heterocycles. The zero-order valence-electron chi connectivity index (χ0n) is 10.1. The van der Waals surface area contributed by atoms with Gasteiger partial charge in [-0.05, 0) is 19.4 Å². The Balaban J connectivity index is 2.52. The maximum Gasteiger partial charge on any atom is 0.324 e. The van der Waals surface area contributed by atoms with Gasteiger partial charge < -0.3 is 15.2 Å². The van der Waals surface area contributed by atoms with Crippen LogP contribution in [0.25, 0.3) is 0 Å². The van der Waals surface area contributed by atoms with E-state index in [1.165, 1.54) is 7.11 Å². The highest BCUT2D eigenvalue weighted by molar-refractivity contribution is 5.75. The number of methoxy groups -OCH3 is 1. The minimum Gasteiger partial charge on any atom is -0.468 e. The summed E-state index contributed by atoms with van der Waals surface area (Å²) in [5.41, 5.74) is 5.62. The van der Waals surface area contributed by atoms with Crippen LogP contribution in [-0.2, 0) is 14.3 Å².